The van der Waals surface area contributed by atoms with Gasteiger partial charge in [0.05, 0.1) is 50.2 Å². The smallest absolute Gasteiger partial charge is 0.314 e. The Labute approximate surface area is 494 Å². The molecule has 488 valence electrons. The summed E-state index contributed by atoms with van der Waals surface area (Å²) in [6.07, 6.45) is -31.3. The van der Waals surface area contributed by atoms with E-state index in [4.69, 9.17) is 47.4 Å². The molecule has 0 radical (unpaired) electrons. The highest BCUT2D eigenvalue weighted by molar-refractivity contribution is 5.78. The minimum absolute atomic E-state index is 0.0296. The molecule has 0 aromatic carbocycles. The first-order valence-corrected chi connectivity index (χ1v) is 30.7. The van der Waals surface area contributed by atoms with Gasteiger partial charge in [0.25, 0.3) is 0 Å². The Hall–Kier alpha value is -1.75. The molecule has 0 aromatic rings. The third kappa shape index (κ3) is 10.9. The molecule has 5 aliphatic carbocycles. The van der Waals surface area contributed by atoms with Gasteiger partial charge in [-0.2, -0.15) is 0 Å². The molecular formula is C59H96O26. The van der Waals surface area contributed by atoms with Crippen molar-refractivity contribution in [2.45, 2.75) is 266 Å². The zero-order valence-electron chi connectivity index (χ0n) is 49.6. The van der Waals surface area contributed by atoms with E-state index >= 15 is 4.79 Å². The fourth-order valence-electron chi connectivity index (χ4n) is 18.4. The van der Waals surface area contributed by atoms with E-state index in [1.54, 1.807) is 6.92 Å². The summed E-state index contributed by atoms with van der Waals surface area (Å²) in [5.74, 6) is -0.580. The van der Waals surface area contributed by atoms with Crippen LogP contribution in [0.3, 0.4) is 0 Å². The first kappa shape index (κ1) is 66.2. The molecule has 10 fully saturated rings. The first-order valence-electron chi connectivity index (χ1n) is 30.7. The van der Waals surface area contributed by atoms with Gasteiger partial charge in [-0.1, -0.05) is 39.8 Å². The van der Waals surface area contributed by atoms with Gasteiger partial charge in [0, 0.05) is 5.41 Å². The Kier molecular flexibility index (Phi) is 19.2. The van der Waals surface area contributed by atoms with E-state index in [0.29, 0.717) is 32.1 Å². The highest BCUT2D eigenvalue weighted by atomic mass is 16.8. The van der Waals surface area contributed by atoms with Crippen LogP contribution in [-0.4, -0.2) is 263 Å². The van der Waals surface area contributed by atoms with E-state index in [-0.39, 0.29) is 59.0 Å². The number of allylic oxidation sites excluding steroid dienone is 1. The molecule has 5 heterocycles. The number of rotatable bonds is 14. The molecule has 35 atom stereocenters. The summed E-state index contributed by atoms with van der Waals surface area (Å²) in [5.41, 5.74) is -1.67. The number of aliphatic hydroxyl groups is 15. The summed E-state index contributed by atoms with van der Waals surface area (Å²) in [5, 5.41) is 162. The monoisotopic (exact) mass is 1220 g/mol. The minimum atomic E-state index is -1.90. The summed E-state index contributed by atoms with van der Waals surface area (Å²) in [6.45, 7) is 16.8. The third-order valence-electron chi connectivity index (χ3n) is 23.6. The lowest BCUT2D eigenvalue weighted by atomic mass is 9.32. The van der Waals surface area contributed by atoms with Gasteiger partial charge in [-0.15, -0.1) is 0 Å². The fourth-order valence-corrected chi connectivity index (χ4v) is 18.4. The van der Waals surface area contributed by atoms with Crippen molar-refractivity contribution in [1.29, 1.82) is 0 Å². The summed E-state index contributed by atoms with van der Waals surface area (Å²) in [4.78, 5) is 15.2. The van der Waals surface area contributed by atoms with Gasteiger partial charge >= 0.3 is 5.97 Å². The molecule has 10 rings (SSSR count). The average molecular weight is 1220 g/mol. The zero-order valence-corrected chi connectivity index (χ0v) is 49.6. The van der Waals surface area contributed by atoms with E-state index in [9.17, 15) is 76.6 Å². The van der Waals surface area contributed by atoms with Crippen LogP contribution in [0, 0.1) is 56.7 Å². The molecule has 26 heteroatoms. The van der Waals surface area contributed by atoms with Gasteiger partial charge in [0.15, 0.2) is 25.2 Å². The molecule has 5 aliphatic heterocycles. The molecule has 85 heavy (non-hydrogen) atoms. The van der Waals surface area contributed by atoms with E-state index in [1.807, 2.05) is 13.8 Å². The van der Waals surface area contributed by atoms with E-state index < -0.39 is 184 Å². The van der Waals surface area contributed by atoms with Crippen LogP contribution in [0.25, 0.3) is 0 Å². The van der Waals surface area contributed by atoms with Crippen LogP contribution in [0.4, 0.5) is 0 Å². The van der Waals surface area contributed by atoms with Crippen molar-refractivity contribution < 1.29 is 129 Å². The van der Waals surface area contributed by atoms with Crippen LogP contribution in [0.2, 0.25) is 0 Å². The fraction of sp³-hybridized carbons (Fsp3) is 0.949. The Morgan fingerprint density at radius 3 is 1.82 bits per heavy atom. The van der Waals surface area contributed by atoms with E-state index in [2.05, 4.69) is 27.4 Å². The SMILES string of the molecule is C=C(C)C1CCC2(C(=O)O[C@@H]3O[C@@H](C)[C@H](O[C@@H]4O[C@H](CO[C@@H]5O[C@H](CO)[C@@H](O)[C@H](O)[C@H]5O)[C@@H](O)[C@H](O)[C@H]4O)[C@@H](O)[C@H]3O)CC[C@]3(C)C(CCC4C5(C)CCC(O[C@@H]6O[C@@H](C)[C@@H](O)[C@@H](O)[C@H]6O[C@@H]6OC[C@H](O)[C@H](O)[C@H]6O)[C@@](C)(CO)C5CCC43C)C12. The van der Waals surface area contributed by atoms with Crippen LogP contribution in [0.1, 0.15) is 113 Å². The van der Waals surface area contributed by atoms with Crippen LogP contribution < -0.4 is 0 Å². The number of esters is 1. The number of hydrogen-bond acceptors (Lipinski definition) is 26. The largest absolute Gasteiger partial charge is 0.432 e. The quantitative estimate of drug-likeness (QED) is 0.0478. The molecule has 9 unspecified atom stereocenters. The molecule has 5 saturated carbocycles. The van der Waals surface area contributed by atoms with Crippen molar-refractivity contribution in [3.05, 3.63) is 12.2 Å². The van der Waals surface area contributed by atoms with Crippen molar-refractivity contribution in [3.8, 4) is 0 Å². The molecular weight excluding hydrogens is 1120 g/mol. The van der Waals surface area contributed by atoms with Crippen molar-refractivity contribution in [1.82, 2.24) is 0 Å². The van der Waals surface area contributed by atoms with Crippen LogP contribution in [-0.2, 0) is 52.2 Å². The first-order chi connectivity index (χ1) is 39.9. The lowest BCUT2D eigenvalue weighted by Crippen LogP contribution is -2.68. The predicted molar refractivity (Wildman–Crippen MR) is 288 cm³/mol. The minimum Gasteiger partial charge on any atom is -0.432 e. The lowest BCUT2D eigenvalue weighted by Gasteiger charge is -2.73. The van der Waals surface area contributed by atoms with Crippen LogP contribution in [0.5, 0.6) is 0 Å². The lowest BCUT2D eigenvalue weighted by molar-refractivity contribution is -0.369. The molecule has 0 aromatic heterocycles. The maximum absolute atomic E-state index is 15.2. The van der Waals surface area contributed by atoms with Gasteiger partial charge < -0.3 is 124 Å². The Morgan fingerprint density at radius 2 is 1.15 bits per heavy atom. The number of hydrogen-bond donors (Lipinski definition) is 15. The molecule has 5 saturated heterocycles. The number of fused-ring (bicyclic) bond motifs is 7. The molecule has 26 nitrogen and oxygen atoms in total. The molecule has 0 bridgehead atoms. The molecule has 0 amide bonds. The molecule has 15 N–H and O–H groups in total. The van der Waals surface area contributed by atoms with Gasteiger partial charge in [-0.25, -0.2) is 0 Å². The Bertz CT molecular complexity index is 2340. The van der Waals surface area contributed by atoms with Gasteiger partial charge in [0.1, 0.15) is 104 Å². The molecule has 0 spiro atoms. The second-order valence-electron chi connectivity index (χ2n) is 28.0. The number of carbonyl (C=O) groups excluding carboxylic acids is 1. The zero-order chi connectivity index (χ0) is 61.9. The van der Waals surface area contributed by atoms with Crippen LogP contribution in [0.15, 0.2) is 12.2 Å². The highest BCUT2D eigenvalue weighted by Gasteiger charge is 2.73. The van der Waals surface area contributed by atoms with Crippen molar-refractivity contribution in [3.63, 3.8) is 0 Å². The normalized spacial score (nSPS) is 56.3. The second kappa shape index (κ2) is 24.7. The van der Waals surface area contributed by atoms with Crippen molar-refractivity contribution >= 4 is 5.97 Å². The Morgan fingerprint density at radius 1 is 0.541 bits per heavy atom. The Balaban J connectivity index is 0.815. The second-order valence-corrected chi connectivity index (χ2v) is 28.0. The van der Waals surface area contributed by atoms with Gasteiger partial charge in [0.2, 0.25) is 6.29 Å². The third-order valence-corrected chi connectivity index (χ3v) is 23.6. The number of ether oxygens (including phenoxy) is 10. The topological polar surface area (TPSA) is 413 Å². The summed E-state index contributed by atoms with van der Waals surface area (Å²) in [7, 11) is 0. The van der Waals surface area contributed by atoms with Gasteiger partial charge in [-0.05, 0) is 131 Å². The van der Waals surface area contributed by atoms with Crippen LogP contribution >= 0.6 is 0 Å². The maximum Gasteiger partial charge on any atom is 0.314 e. The van der Waals surface area contributed by atoms with E-state index in [0.717, 1.165) is 37.7 Å². The number of aliphatic hydroxyl groups excluding tert-OH is 15. The predicted octanol–water partition coefficient (Wildman–Crippen LogP) is -2.69. The van der Waals surface area contributed by atoms with Crippen molar-refractivity contribution in [2.75, 3.05) is 26.4 Å². The summed E-state index contributed by atoms with van der Waals surface area (Å²) in [6, 6.07) is 0. The van der Waals surface area contributed by atoms with Crippen molar-refractivity contribution in [2.24, 2.45) is 56.7 Å². The maximum atomic E-state index is 15.2. The highest BCUT2D eigenvalue weighted by Crippen LogP contribution is 2.78. The summed E-state index contributed by atoms with van der Waals surface area (Å²) >= 11 is 0. The standard InChI is InChI=1S/C59H96O26/c1-23(2)26-11-16-59(54(75)85-51-46(74)42(70)47(25(4)79-51)83-52-45(73)40(68)38(66)30(81-52)21-77-49-44(72)39(67)37(65)29(19-60)80-49)18-17-57(7)27(34(26)59)9-10-32-55(5)14-13-33(56(6,22-61)31(55)12-15-58(32,57)8)82-53-48(41(69)35(63)24(3)78-53)84-50-43(71)36(64)28(62)20-76-50/h24-53,60-74H,1,9-22H2,2-8H3/t24-,25-,26?,27?,28-,29+,30+,31?,32?,33?,34?,35+,36-,37+,38+,39-,40-,41+,42-,43+,44+,45+,46+,47-,48+,49+,50-,51-,52-,53-,55?,56-,57+,58?,59?/m0/s1. The summed E-state index contributed by atoms with van der Waals surface area (Å²) < 4.78 is 59.6. The average Bonchev–Trinajstić information content (AvgIpc) is 1.60. The molecule has 10 aliphatic rings. The van der Waals surface area contributed by atoms with Gasteiger partial charge in [-0.3, -0.25) is 4.79 Å². The number of carbonyl (C=O) groups is 1. The van der Waals surface area contributed by atoms with E-state index in [1.165, 1.54) is 6.92 Å².